The third kappa shape index (κ3) is 4.77. The van der Waals surface area contributed by atoms with Crippen LogP contribution in [0.15, 0.2) is 230 Å². The largest absolute Gasteiger partial charge is 0.309 e. The molecule has 0 saturated heterocycles. The van der Waals surface area contributed by atoms with E-state index in [1.807, 2.05) is 118 Å². The van der Waals surface area contributed by atoms with Gasteiger partial charge in [-0.15, -0.1) is 0 Å². The van der Waals surface area contributed by atoms with Crippen LogP contribution in [0.1, 0.15) is 8.22 Å². The van der Waals surface area contributed by atoms with Gasteiger partial charge in [-0.1, -0.05) is 158 Å². The molecule has 0 spiro atoms. The monoisotopic (exact) mass is 820 g/mol. The first-order valence-electron chi connectivity index (χ1n) is 24.6. The molecule has 0 N–H and O–H groups in total. The minimum atomic E-state index is -0.267. The van der Waals surface area contributed by atoms with Gasteiger partial charge < -0.3 is 18.3 Å². The molecular weight excluding hydrogens is 777 g/mol. The summed E-state index contributed by atoms with van der Waals surface area (Å²) in [4.78, 5) is 0. The van der Waals surface area contributed by atoms with E-state index < -0.39 is 0 Å². The van der Waals surface area contributed by atoms with Gasteiger partial charge in [-0.05, 0) is 83.8 Å². The average Bonchev–Trinajstić information content (AvgIpc) is 4.15. The molecule has 4 heteroatoms. The summed E-state index contributed by atoms with van der Waals surface area (Å²) in [5.41, 5.74) is 12.7. The summed E-state index contributed by atoms with van der Waals surface area (Å²) >= 11 is 0. The molecule has 4 aromatic heterocycles. The lowest BCUT2D eigenvalue weighted by Crippen LogP contribution is -2.00. The van der Waals surface area contributed by atoms with Crippen molar-refractivity contribution in [3.63, 3.8) is 0 Å². The van der Waals surface area contributed by atoms with E-state index >= 15 is 0 Å². The summed E-state index contributed by atoms with van der Waals surface area (Å²) in [6.45, 7) is 0. The third-order valence-corrected chi connectivity index (χ3v) is 13.1. The molecule has 0 saturated carbocycles. The zero-order valence-corrected chi connectivity index (χ0v) is 34.3. The van der Waals surface area contributed by atoms with Gasteiger partial charge in [0.2, 0.25) is 0 Å². The predicted molar refractivity (Wildman–Crippen MR) is 268 cm³/mol. The quantitative estimate of drug-likeness (QED) is 0.159. The molecule has 0 radical (unpaired) electrons. The number of hydrogen-bond acceptors (Lipinski definition) is 0. The fraction of sp³-hybridized carbons (Fsp3) is 0. The molecule has 0 bridgehead atoms. The maximum Gasteiger partial charge on any atom is 0.0645 e. The first-order valence-corrected chi connectivity index (χ1v) is 21.6. The molecule has 4 heterocycles. The van der Waals surface area contributed by atoms with Gasteiger partial charge in [0, 0.05) is 43.4 Å². The van der Waals surface area contributed by atoms with E-state index in [0.29, 0.717) is 44.2 Å². The van der Waals surface area contributed by atoms with Crippen LogP contribution in [-0.2, 0) is 0 Å². The van der Waals surface area contributed by atoms with Gasteiger partial charge in [-0.25, -0.2) is 0 Å². The lowest BCUT2D eigenvalue weighted by atomic mass is 10.0. The summed E-state index contributed by atoms with van der Waals surface area (Å²) in [6.07, 6.45) is 0. The van der Waals surface area contributed by atoms with Crippen LogP contribution in [-0.4, -0.2) is 18.3 Å². The minimum absolute atomic E-state index is 0.160. The Balaban J connectivity index is 1.11. The predicted octanol–water partition coefficient (Wildman–Crippen LogP) is 15.7. The van der Waals surface area contributed by atoms with E-state index in [0.717, 1.165) is 77.2 Å². The Kier molecular flexibility index (Phi) is 6.22. The van der Waals surface area contributed by atoms with E-state index in [1.165, 1.54) is 0 Å². The van der Waals surface area contributed by atoms with E-state index in [2.05, 4.69) is 94.1 Å². The van der Waals surface area contributed by atoms with E-state index in [-0.39, 0.29) is 36.3 Å². The van der Waals surface area contributed by atoms with Crippen molar-refractivity contribution in [3.05, 3.63) is 230 Å². The van der Waals surface area contributed by atoms with Gasteiger partial charge >= 0.3 is 0 Å². The Bertz CT molecular complexity index is 4120. The van der Waals surface area contributed by atoms with Crippen LogP contribution in [0.4, 0.5) is 0 Å². The van der Waals surface area contributed by atoms with Crippen LogP contribution in [0.5, 0.6) is 0 Å². The highest BCUT2D eigenvalue weighted by atomic mass is 15.1. The molecule has 0 atom stereocenters. The summed E-state index contributed by atoms with van der Waals surface area (Å²) in [7, 11) is 0. The number of benzene rings is 10. The smallest absolute Gasteiger partial charge is 0.0645 e. The second-order valence-corrected chi connectivity index (χ2v) is 16.4. The van der Waals surface area contributed by atoms with Crippen molar-refractivity contribution in [2.75, 3.05) is 0 Å². The van der Waals surface area contributed by atoms with E-state index in [9.17, 15) is 8.22 Å². The maximum atomic E-state index is 9.77. The molecule has 0 aliphatic heterocycles. The van der Waals surface area contributed by atoms with Crippen LogP contribution >= 0.6 is 0 Å². The van der Waals surface area contributed by atoms with Crippen molar-refractivity contribution in [1.29, 1.82) is 0 Å². The zero-order chi connectivity index (χ0) is 47.1. The van der Waals surface area contributed by atoms with Crippen LogP contribution in [0.3, 0.4) is 0 Å². The second kappa shape index (κ2) is 13.4. The summed E-state index contributed by atoms with van der Waals surface area (Å²) in [5, 5.41) is 4.68. The van der Waals surface area contributed by atoms with Crippen LogP contribution in [0.2, 0.25) is 0 Å². The molecule has 14 aromatic rings. The van der Waals surface area contributed by atoms with Gasteiger partial charge in [0.25, 0.3) is 0 Å². The molecular formula is C60H38N4. The van der Waals surface area contributed by atoms with Crippen LogP contribution in [0.25, 0.3) is 121 Å². The molecule has 0 aliphatic rings. The van der Waals surface area contributed by atoms with Gasteiger partial charge in [-0.2, -0.15) is 0 Å². The Morgan fingerprint density at radius 2 is 0.578 bits per heavy atom. The van der Waals surface area contributed by atoms with Crippen molar-refractivity contribution < 1.29 is 8.22 Å². The van der Waals surface area contributed by atoms with Gasteiger partial charge in [-0.3, -0.25) is 0 Å². The molecule has 14 rings (SSSR count). The fourth-order valence-electron chi connectivity index (χ4n) is 10.6. The van der Waals surface area contributed by atoms with Crippen molar-refractivity contribution >= 4 is 76.5 Å². The second-order valence-electron chi connectivity index (χ2n) is 16.4. The Labute approximate surface area is 377 Å². The minimum Gasteiger partial charge on any atom is -0.309 e. The van der Waals surface area contributed by atoms with E-state index in [1.54, 1.807) is 0 Å². The molecule has 298 valence electrons. The van der Waals surface area contributed by atoms with Gasteiger partial charge in [0.05, 0.1) is 75.1 Å². The van der Waals surface area contributed by atoms with Crippen molar-refractivity contribution in [2.24, 2.45) is 0 Å². The molecule has 0 unspecified atom stereocenters. The molecule has 64 heavy (non-hydrogen) atoms. The lowest BCUT2D eigenvalue weighted by molar-refractivity contribution is 1.16. The standard InChI is InChI=1S/C60H38N4/c1-3-19-39(20-4-1)41-23-7-11-27-45(41)61-47-29-13-9-25-43(47)57-49(61)31-15-33-51(57)63-53-35-17-37-55-59(53)60-54(63)36-18-38-56(60)64(55)52-34-16-32-50-58(52)44-26-10-14-30-48(44)62(50)46-28-12-8-24-42(46)40-21-5-2-6-22-40/h1-38H/i17D,18D,35D,36D,37D,38D. The fourth-order valence-corrected chi connectivity index (χ4v) is 10.6. The Morgan fingerprint density at radius 1 is 0.250 bits per heavy atom. The Hall–Kier alpha value is -8.60. The number of nitrogens with zero attached hydrogens (tertiary/aromatic N) is 4. The van der Waals surface area contributed by atoms with Gasteiger partial charge in [0.1, 0.15) is 0 Å². The Morgan fingerprint density at radius 3 is 1.02 bits per heavy atom. The molecule has 4 nitrogen and oxygen atoms in total. The topological polar surface area (TPSA) is 19.7 Å². The number of hydrogen-bond donors (Lipinski definition) is 0. The normalized spacial score (nSPS) is 13.4. The lowest BCUT2D eigenvalue weighted by Gasteiger charge is -2.16. The molecule has 0 amide bonds. The number of para-hydroxylation sites is 4. The highest BCUT2D eigenvalue weighted by Gasteiger charge is 2.27. The highest BCUT2D eigenvalue weighted by Crippen LogP contribution is 2.47. The number of aromatic nitrogens is 4. The maximum absolute atomic E-state index is 9.77. The molecule has 0 aliphatic carbocycles. The molecule has 0 fully saturated rings. The van der Waals surface area contributed by atoms with Crippen molar-refractivity contribution in [1.82, 2.24) is 18.3 Å². The van der Waals surface area contributed by atoms with Crippen LogP contribution in [0, 0.1) is 0 Å². The first kappa shape index (κ1) is 29.6. The van der Waals surface area contributed by atoms with Gasteiger partial charge in [0.15, 0.2) is 0 Å². The first-order chi connectivity index (χ1) is 34.3. The zero-order valence-electron chi connectivity index (χ0n) is 40.3. The summed E-state index contributed by atoms with van der Waals surface area (Å²) in [6, 6.07) is 64.8. The molecule has 10 aromatic carbocycles. The van der Waals surface area contributed by atoms with Crippen LogP contribution < -0.4 is 0 Å². The van der Waals surface area contributed by atoms with Crippen molar-refractivity contribution in [3.8, 4) is 45.0 Å². The van der Waals surface area contributed by atoms with E-state index in [4.69, 9.17) is 0 Å². The third-order valence-electron chi connectivity index (χ3n) is 13.1. The number of rotatable bonds is 6. The number of fused-ring (bicyclic) bond motifs is 6. The average molecular weight is 821 g/mol. The SMILES string of the molecule is [2H]c1c([2H])c2c3c4c(c([2H])c([2H])c([2H])c4n(-c4cccc5c4c4ccccc4n5-c4ccccc4-c4ccccc4)c3c1[2H])n2-c1cccc2c1c1ccccc1n2-c1ccccc1-c1ccccc1. The summed E-state index contributed by atoms with van der Waals surface area (Å²) < 4.78 is 66.5. The van der Waals surface area contributed by atoms with Crippen molar-refractivity contribution in [2.45, 2.75) is 0 Å². The summed E-state index contributed by atoms with van der Waals surface area (Å²) in [5.74, 6) is 0. The highest BCUT2D eigenvalue weighted by molar-refractivity contribution is 6.27.